The number of unbranched alkanes of at least 4 members (excludes halogenated alkanes) is 3. The maximum Gasteiger partial charge on any atom is 0.408 e. The molecule has 6 amide bonds. The normalized spacial score (nSPS) is 13.4. The highest BCUT2D eigenvalue weighted by Crippen LogP contribution is 2.12. The fourth-order valence-electron chi connectivity index (χ4n) is 4.87. The molecular weight excluding hydrogens is 744 g/mol. The summed E-state index contributed by atoms with van der Waals surface area (Å²) in [5, 5.41) is 16.1. The lowest BCUT2D eigenvalue weighted by atomic mass is 10.1. The van der Waals surface area contributed by atoms with Crippen LogP contribution in [-0.2, 0) is 38.1 Å². The molecule has 0 aliphatic carbocycles. The number of alkyl carbamates (subject to hydrolysis) is 4. The van der Waals surface area contributed by atoms with E-state index in [1.807, 2.05) is 0 Å². The summed E-state index contributed by atoms with van der Waals surface area (Å²) in [5.74, 6) is -1.48. The summed E-state index contributed by atoms with van der Waals surface area (Å²) >= 11 is 0. The molecule has 0 aromatic heterocycles. The van der Waals surface area contributed by atoms with Crippen LogP contribution in [0.5, 0.6) is 0 Å². The van der Waals surface area contributed by atoms with Gasteiger partial charge in [-0.25, -0.2) is 24.0 Å². The molecule has 330 valence electrons. The van der Waals surface area contributed by atoms with Gasteiger partial charge in [0.1, 0.15) is 40.5 Å². The maximum atomic E-state index is 13.2. The van der Waals surface area contributed by atoms with E-state index < -0.39 is 82.7 Å². The number of carbonyl (C=O) groups excluding carboxylic acids is 7. The van der Waals surface area contributed by atoms with Gasteiger partial charge in [-0.2, -0.15) is 0 Å². The van der Waals surface area contributed by atoms with Crippen molar-refractivity contribution in [3.8, 4) is 0 Å². The second-order valence-corrected chi connectivity index (χ2v) is 17.6. The van der Waals surface area contributed by atoms with Crippen LogP contribution in [0.4, 0.5) is 19.2 Å². The Labute approximate surface area is 339 Å². The Bertz CT molecular complexity index is 1300. The van der Waals surface area contributed by atoms with E-state index in [-0.39, 0.29) is 32.4 Å². The Morgan fingerprint density at radius 2 is 0.684 bits per heavy atom. The monoisotopic (exact) mass is 817 g/mol. The van der Waals surface area contributed by atoms with Gasteiger partial charge < -0.3 is 55.6 Å². The molecule has 0 saturated heterocycles. The topological polar surface area (TPSA) is 238 Å². The SMILES string of the molecule is COC(=O)[C@H](CCCCNC(=O)[C@H](CCCCNC(=O)[C@H](CCCCNC(=O)OC(C)(C)C)NC(=O)OC(C)(C)C)NC(=O)OC(C)(C)C)NC(=O)OC(C)(C)C. The summed E-state index contributed by atoms with van der Waals surface area (Å²) in [6, 6.07) is -2.77. The smallest absolute Gasteiger partial charge is 0.408 e. The Kier molecular flexibility index (Phi) is 23.0. The lowest BCUT2D eigenvalue weighted by Crippen LogP contribution is -2.49. The third-order valence-electron chi connectivity index (χ3n) is 7.22. The van der Waals surface area contributed by atoms with Crippen LogP contribution in [0.1, 0.15) is 141 Å². The lowest BCUT2D eigenvalue weighted by Gasteiger charge is -2.24. The maximum absolute atomic E-state index is 13.2. The first kappa shape index (κ1) is 52.5. The van der Waals surface area contributed by atoms with Gasteiger partial charge in [0.2, 0.25) is 11.8 Å². The molecule has 18 heteroatoms. The van der Waals surface area contributed by atoms with E-state index in [1.54, 1.807) is 83.1 Å². The average Bonchev–Trinajstić information content (AvgIpc) is 3.02. The van der Waals surface area contributed by atoms with E-state index in [0.29, 0.717) is 45.1 Å². The molecule has 3 atom stereocenters. The predicted molar refractivity (Wildman–Crippen MR) is 213 cm³/mol. The van der Waals surface area contributed by atoms with Crippen molar-refractivity contribution in [2.75, 3.05) is 26.7 Å². The summed E-state index contributed by atoms with van der Waals surface area (Å²) in [6.07, 6.45) is 0.802. The van der Waals surface area contributed by atoms with Crippen LogP contribution in [0.15, 0.2) is 0 Å². The number of hydrogen-bond acceptors (Lipinski definition) is 12. The van der Waals surface area contributed by atoms with Gasteiger partial charge in [0, 0.05) is 19.6 Å². The summed E-state index contributed by atoms with van der Waals surface area (Å²) in [6.45, 7) is 21.4. The number of esters is 1. The summed E-state index contributed by atoms with van der Waals surface area (Å²) < 4.78 is 26.0. The lowest BCUT2D eigenvalue weighted by molar-refractivity contribution is -0.143. The molecule has 0 rings (SSSR count). The van der Waals surface area contributed by atoms with Gasteiger partial charge in [-0.3, -0.25) is 9.59 Å². The van der Waals surface area contributed by atoms with E-state index >= 15 is 0 Å². The van der Waals surface area contributed by atoms with Crippen LogP contribution < -0.4 is 31.9 Å². The number of methoxy groups -OCH3 is 1. The second-order valence-electron chi connectivity index (χ2n) is 17.6. The third kappa shape index (κ3) is 29.4. The van der Waals surface area contributed by atoms with Crippen molar-refractivity contribution in [3.05, 3.63) is 0 Å². The zero-order chi connectivity index (χ0) is 44.0. The molecule has 6 N–H and O–H groups in total. The van der Waals surface area contributed by atoms with Gasteiger partial charge in [-0.1, -0.05) is 0 Å². The minimum atomic E-state index is -0.942. The molecule has 0 aromatic carbocycles. The Morgan fingerprint density at radius 3 is 1.00 bits per heavy atom. The van der Waals surface area contributed by atoms with Crippen LogP contribution in [-0.4, -0.2) is 109 Å². The van der Waals surface area contributed by atoms with E-state index in [4.69, 9.17) is 23.7 Å². The van der Waals surface area contributed by atoms with Crippen LogP contribution in [0, 0.1) is 0 Å². The molecule has 57 heavy (non-hydrogen) atoms. The molecule has 0 heterocycles. The van der Waals surface area contributed by atoms with Crippen LogP contribution >= 0.6 is 0 Å². The quantitative estimate of drug-likeness (QED) is 0.0504. The van der Waals surface area contributed by atoms with Crippen molar-refractivity contribution in [1.29, 1.82) is 0 Å². The van der Waals surface area contributed by atoms with Crippen molar-refractivity contribution < 1.29 is 57.2 Å². The van der Waals surface area contributed by atoms with Crippen molar-refractivity contribution >= 4 is 42.2 Å². The molecule has 0 spiro atoms. The average molecular weight is 817 g/mol. The molecule has 0 radical (unpaired) electrons. The van der Waals surface area contributed by atoms with E-state index in [1.165, 1.54) is 7.11 Å². The number of amides is 6. The van der Waals surface area contributed by atoms with Crippen LogP contribution in [0.2, 0.25) is 0 Å². The second kappa shape index (κ2) is 25.0. The van der Waals surface area contributed by atoms with Crippen molar-refractivity contribution in [3.63, 3.8) is 0 Å². The van der Waals surface area contributed by atoms with Gasteiger partial charge in [0.05, 0.1) is 7.11 Å². The zero-order valence-corrected chi connectivity index (χ0v) is 36.6. The first-order valence-electron chi connectivity index (χ1n) is 19.7. The van der Waals surface area contributed by atoms with Crippen molar-refractivity contribution in [2.24, 2.45) is 0 Å². The van der Waals surface area contributed by atoms with E-state index in [9.17, 15) is 33.6 Å². The minimum absolute atomic E-state index is 0.227. The number of carbonyl (C=O) groups is 7. The number of rotatable bonds is 21. The highest BCUT2D eigenvalue weighted by molar-refractivity contribution is 5.86. The molecule has 0 fully saturated rings. The summed E-state index contributed by atoms with van der Waals surface area (Å²) in [7, 11) is 1.22. The zero-order valence-electron chi connectivity index (χ0n) is 36.6. The van der Waals surface area contributed by atoms with Crippen molar-refractivity contribution in [1.82, 2.24) is 31.9 Å². The Morgan fingerprint density at radius 1 is 0.404 bits per heavy atom. The van der Waals surface area contributed by atoms with Gasteiger partial charge >= 0.3 is 30.3 Å². The molecule has 0 unspecified atom stereocenters. The Balaban J connectivity index is 5.23. The molecule has 0 aliphatic rings. The van der Waals surface area contributed by atoms with Gasteiger partial charge in [-0.05, 0) is 141 Å². The van der Waals surface area contributed by atoms with Crippen LogP contribution in [0.25, 0.3) is 0 Å². The number of hydrogen-bond donors (Lipinski definition) is 6. The van der Waals surface area contributed by atoms with E-state index in [2.05, 4.69) is 31.9 Å². The molecule has 0 saturated carbocycles. The van der Waals surface area contributed by atoms with Gasteiger partial charge in [-0.15, -0.1) is 0 Å². The Hall–Kier alpha value is -4.51. The first-order chi connectivity index (χ1) is 26.1. The molecule has 0 bridgehead atoms. The molecule has 0 aromatic rings. The minimum Gasteiger partial charge on any atom is -0.467 e. The molecule has 0 aliphatic heterocycles. The molecule has 18 nitrogen and oxygen atoms in total. The summed E-state index contributed by atoms with van der Waals surface area (Å²) in [5.41, 5.74) is -2.94. The van der Waals surface area contributed by atoms with Gasteiger partial charge in [0.25, 0.3) is 0 Å². The highest BCUT2D eigenvalue weighted by atomic mass is 16.6. The highest BCUT2D eigenvalue weighted by Gasteiger charge is 2.27. The predicted octanol–water partition coefficient (Wildman–Crippen LogP) is 5.11. The summed E-state index contributed by atoms with van der Waals surface area (Å²) in [4.78, 5) is 87.9. The van der Waals surface area contributed by atoms with Gasteiger partial charge in [0.15, 0.2) is 0 Å². The third-order valence-corrected chi connectivity index (χ3v) is 7.22. The largest absolute Gasteiger partial charge is 0.467 e. The molecular formula is C39H72N6O12. The fourth-order valence-corrected chi connectivity index (χ4v) is 4.87. The van der Waals surface area contributed by atoms with Crippen molar-refractivity contribution in [2.45, 2.75) is 181 Å². The fraction of sp³-hybridized carbons (Fsp3) is 0.821. The standard InChI is InChI=1S/C39H72N6O12/c1-36(2,3)54-32(49)42-25-19-15-21-27(44-34(51)56-38(7,8)9)30(47)40-23-17-14-20-26(43-33(50)55-37(4,5)6)29(46)41-24-18-16-22-28(31(48)53-13)45-35(52)57-39(10,11)12/h26-28H,14-25H2,1-13H3,(H,40,47)(H,41,46)(H,42,49)(H,43,50)(H,44,51)(H,45,52)/t26-,27-,28-/m0/s1. The number of nitrogens with one attached hydrogen (secondary N) is 6. The first-order valence-corrected chi connectivity index (χ1v) is 19.7. The number of ether oxygens (including phenoxy) is 5. The van der Waals surface area contributed by atoms with E-state index in [0.717, 1.165) is 0 Å². The van der Waals surface area contributed by atoms with Crippen LogP contribution in [0.3, 0.4) is 0 Å².